The van der Waals surface area contributed by atoms with E-state index < -0.39 is 5.41 Å². The maximum Gasteiger partial charge on any atom is 0.246 e. The van der Waals surface area contributed by atoms with Crippen LogP contribution in [0.3, 0.4) is 0 Å². The second-order valence-electron chi connectivity index (χ2n) is 7.94. The van der Waals surface area contributed by atoms with Gasteiger partial charge in [0.15, 0.2) is 0 Å². The maximum atomic E-state index is 13.9. The highest BCUT2D eigenvalue weighted by Crippen LogP contribution is 2.53. The molecule has 5 rings (SSSR count). The molecule has 2 heterocycles. The van der Waals surface area contributed by atoms with E-state index in [0.717, 1.165) is 22.6 Å². The Balaban J connectivity index is 1.63. The number of nitrogens with zero attached hydrogens (tertiary/aromatic N) is 1. The number of hydrogen-bond donors (Lipinski definition) is 2. The fourth-order valence-electron chi connectivity index (χ4n) is 4.58. The summed E-state index contributed by atoms with van der Waals surface area (Å²) in [6, 6.07) is 18.7. The van der Waals surface area contributed by atoms with E-state index in [1.807, 2.05) is 48.5 Å². The number of nitrogens with one attached hydrogen (secondary N) is 1. The number of ether oxygens (including phenoxy) is 2. The van der Waals surface area contributed by atoms with Gasteiger partial charge in [0.25, 0.3) is 0 Å². The molecule has 0 aromatic heterocycles. The van der Waals surface area contributed by atoms with Gasteiger partial charge in [-0.15, -0.1) is 0 Å². The minimum atomic E-state index is -0.990. The van der Waals surface area contributed by atoms with Crippen molar-refractivity contribution in [1.82, 2.24) is 0 Å². The number of methoxy groups -OCH3 is 1. The monoisotopic (exact) mass is 414 g/mol. The van der Waals surface area contributed by atoms with Gasteiger partial charge in [0.1, 0.15) is 29.3 Å². The molecule has 0 bridgehead atoms. The van der Waals surface area contributed by atoms with Crippen LogP contribution in [0.25, 0.3) is 0 Å². The highest BCUT2D eigenvalue weighted by atomic mass is 16.5. The lowest BCUT2D eigenvalue weighted by Crippen LogP contribution is -2.42. The highest BCUT2D eigenvalue weighted by Gasteiger charge is 2.57. The number of hydrogen-bond acceptors (Lipinski definition) is 5. The first-order valence-corrected chi connectivity index (χ1v) is 10.1. The zero-order chi connectivity index (χ0) is 21.8. The van der Waals surface area contributed by atoms with Gasteiger partial charge in [-0.1, -0.05) is 30.3 Å². The third kappa shape index (κ3) is 2.71. The van der Waals surface area contributed by atoms with Gasteiger partial charge in [-0.25, -0.2) is 0 Å². The molecule has 2 aliphatic rings. The maximum absolute atomic E-state index is 13.9. The Morgan fingerprint density at radius 1 is 1.16 bits per heavy atom. The normalized spacial score (nSPS) is 18.6. The summed E-state index contributed by atoms with van der Waals surface area (Å²) < 4.78 is 11.2. The van der Waals surface area contributed by atoms with Gasteiger partial charge in [0, 0.05) is 28.6 Å². The van der Waals surface area contributed by atoms with Crippen LogP contribution < -0.4 is 14.4 Å². The van der Waals surface area contributed by atoms with Crippen LogP contribution in [0.2, 0.25) is 0 Å². The Kier molecular flexibility index (Phi) is 4.25. The molecule has 2 N–H and O–H groups in total. The van der Waals surface area contributed by atoms with E-state index in [2.05, 4.69) is 0 Å². The van der Waals surface area contributed by atoms with Crippen molar-refractivity contribution in [2.24, 2.45) is 0 Å². The summed E-state index contributed by atoms with van der Waals surface area (Å²) in [5.41, 5.74) is 3.06. The SMILES string of the molecule is COc1ccc(CN2C(=O)C3(COc4cc(O)c(C(C)=N)cc43)c3ccccc32)cc1. The molecule has 0 radical (unpaired) electrons. The first kappa shape index (κ1) is 19.2. The molecule has 0 aliphatic carbocycles. The molecular weight excluding hydrogens is 392 g/mol. The number of phenolic OH excluding ortho intramolecular Hbond substituents is 1. The second kappa shape index (κ2) is 6.87. The fraction of sp³-hybridized carbons (Fsp3) is 0.200. The van der Waals surface area contributed by atoms with E-state index in [9.17, 15) is 9.90 Å². The lowest BCUT2D eigenvalue weighted by molar-refractivity contribution is -0.122. The van der Waals surface area contributed by atoms with E-state index >= 15 is 0 Å². The molecule has 1 amide bonds. The van der Waals surface area contributed by atoms with Crippen molar-refractivity contribution in [1.29, 1.82) is 5.41 Å². The van der Waals surface area contributed by atoms with Crippen LogP contribution in [0.15, 0.2) is 60.7 Å². The van der Waals surface area contributed by atoms with E-state index in [-0.39, 0.29) is 24.0 Å². The third-order valence-corrected chi connectivity index (χ3v) is 6.17. The van der Waals surface area contributed by atoms with Crippen molar-refractivity contribution >= 4 is 17.3 Å². The van der Waals surface area contributed by atoms with E-state index in [1.165, 1.54) is 6.07 Å². The molecule has 1 spiro atoms. The average molecular weight is 414 g/mol. The summed E-state index contributed by atoms with van der Waals surface area (Å²) in [6.07, 6.45) is 0. The Hall–Kier alpha value is -3.80. The molecule has 31 heavy (non-hydrogen) atoms. The molecule has 2 aliphatic heterocycles. The molecule has 3 aromatic carbocycles. The fourth-order valence-corrected chi connectivity index (χ4v) is 4.58. The number of phenols is 1. The standard InChI is InChI=1S/C25H22N2O4/c1-15(26)18-11-20-23(12-22(18)28)31-14-25(20)19-5-3-4-6-21(19)27(24(25)29)13-16-7-9-17(30-2)10-8-16/h3-12,26,28H,13-14H2,1-2H3. The third-order valence-electron chi connectivity index (χ3n) is 6.17. The van der Waals surface area contributed by atoms with Gasteiger partial charge >= 0.3 is 0 Å². The summed E-state index contributed by atoms with van der Waals surface area (Å²) >= 11 is 0. The Morgan fingerprint density at radius 3 is 2.61 bits per heavy atom. The van der Waals surface area contributed by atoms with Crippen molar-refractivity contribution in [3.05, 3.63) is 82.9 Å². The Morgan fingerprint density at radius 2 is 1.90 bits per heavy atom. The van der Waals surface area contributed by atoms with Gasteiger partial charge in [-0.3, -0.25) is 4.79 Å². The average Bonchev–Trinajstić information content (AvgIpc) is 3.26. The van der Waals surface area contributed by atoms with Crippen molar-refractivity contribution in [2.75, 3.05) is 18.6 Å². The minimum Gasteiger partial charge on any atom is -0.507 e. The van der Waals surface area contributed by atoms with Gasteiger partial charge < -0.3 is 24.9 Å². The summed E-state index contributed by atoms with van der Waals surface area (Å²) in [4.78, 5) is 15.7. The van der Waals surface area contributed by atoms with Gasteiger partial charge in [0.05, 0.1) is 13.7 Å². The van der Waals surface area contributed by atoms with Gasteiger partial charge in [-0.2, -0.15) is 0 Å². The molecular formula is C25H22N2O4. The molecule has 0 saturated carbocycles. The highest BCUT2D eigenvalue weighted by molar-refractivity contribution is 6.12. The van der Waals surface area contributed by atoms with Gasteiger partial charge in [-0.05, 0) is 42.3 Å². The lowest BCUT2D eigenvalue weighted by Gasteiger charge is -2.23. The molecule has 6 nitrogen and oxygen atoms in total. The summed E-state index contributed by atoms with van der Waals surface area (Å²) in [6.45, 7) is 2.20. The van der Waals surface area contributed by atoms with Crippen LogP contribution in [0.5, 0.6) is 17.2 Å². The van der Waals surface area contributed by atoms with E-state index in [1.54, 1.807) is 25.0 Å². The van der Waals surface area contributed by atoms with Crippen LogP contribution in [0.4, 0.5) is 5.69 Å². The number of anilines is 1. The zero-order valence-electron chi connectivity index (χ0n) is 17.3. The van der Waals surface area contributed by atoms with Gasteiger partial charge in [0.2, 0.25) is 5.91 Å². The van der Waals surface area contributed by atoms with Crippen LogP contribution in [-0.4, -0.2) is 30.4 Å². The Bertz CT molecular complexity index is 1220. The number of benzene rings is 3. The zero-order valence-corrected chi connectivity index (χ0v) is 17.3. The van der Waals surface area contributed by atoms with Crippen molar-refractivity contribution < 1.29 is 19.4 Å². The first-order valence-electron chi connectivity index (χ1n) is 10.1. The van der Waals surface area contributed by atoms with Crippen LogP contribution in [0.1, 0.15) is 29.2 Å². The molecule has 1 unspecified atom stereocenters. The molecule has 156 valence electrons. The van der Waals surface area contributed by atoms with Crippen molar-refractivity contribution in [3.63, 3.8) is 0 Å². The molecule has 0 saturated heterocycles. The molecule has 0 fully saturated rings. The van der Waals surface area contributed by atoms with E-state index in [4.69, 9.17) is 14.9 Å². The predicted molar refractivity (Wildman–Crippen MR) is 118 cm³/mol. The summed E-state index contributed by atoms with van der Waals surface area (Å²) in [5.74, 6) is 1.16. The summed E-state index contributed by atoms with van der Waals surface area (Å²) in [7, 11) is 1.62. The predicted octanol–water partition coefficient (Wildman–Crippen LogP) is 4.01. The van der Waals surface area contributed by atoms with Crippen molar-refractivity contribution in [2.45, 2.75) is 18.9 Å². The topological polar surface area (TPSA) is 82.8 Å². The number of para-hydroxylation sites is 1. The number of aromatic hydroxyl groups is 1. The minimum absolute atomic E-state index is 0.0166. The first-order chi connectivity index (χ1) is 15.0. The lowest BCUT2D eigenvalue weighted by atomic mass is 9.76. The summed E-state index contributed by atoms with van der Waals surface area (Å²) in [5, 5.41) is 18.3. The molecule has 1 atom stereocenters. The quantitative estimate of drug-likeness (QED) is 0.632. The number of rotatable bonds is 4. The second-order valence-corrected chi connectivity index (χ2v) is 7.94. The van der Waals surface area contributed by atoms with Crippen LogP contribution >= 0.6 is 0 Å². The Labute approximate surface area is 180 Å². The van der Waals surface area contributed by atoms with Crippen LogP contribution in [0, 0.1) is 5.41 Å². The number of carbonyl (C=O) groups is 1. The molecule has 3 aromatic rings. The number of carbonyl (C=O) groups excluding carboxylic acids is 1. The number of fused-ring (bicyclic) bond motifs is 4. The number of amides is 1. The largest absolute Gasteiger partial charge is 0.507 e. The molecule has 6 heteroatoms. The van der Waals surface area contributed by atoms with Crippen LogP contribution in [-0.2, 0) is 16.8 Å². The van der Waals surface area contributed by atoms with E-state index in [0.29, 0.717) is 23.4 Å². The van der Waals surface area contributed by atoms with Crippen molar-refractivity contribution in [3.8, 4) is 17.2 Å². The smallest absolute Gasteiger partial charge is 0.246 e.